The summed E-state index contributed by atoms with van der Waals surface area (Å²) in [7, 11) is 0. The molecule has 8 heteroatoms. The average molecular weight is 651 g/mol. The third-order valence-electron chi connectivity index (χ3n) is 3.01. The molecule has 0 saturated heterocycles. The third kappa shape index (κ3) is 5.06. The molecule has 0 radical (unpaired) electrons. The molecule has 1 atom stereocenters. The Morgan fingerprint density at radius 1 is 1.09 bits per heavy atom. The summed E-state index contributed by atoms with van der Waals surface area (Å²) in [5.74, 6) is 0.488. The van der Waals surface area contributed by atoms with Crippen LogP contribution in [0.5, 0.6) is 17.2 Å². The molecule has 0 bridgehead atoms. The van der Waals surface area contributed by atoms with Crippen LogP contribution in [0.4, 0.5) is 0 Å². The number of rotatable bonds is 5. The number of hydrogen-bond donors (Lipinski definition) is 3. The van der Waals surface area contributed by atoms with Gasteiger partial charge in [-0.3, -0.25) is 4.79 Å². The lowest BCUT2D eigenvalue weighted by atomic mass is 10.1. The second-order valence-corrected chi connectivity index (χ2v) is 8.23. The van der Waals surface area contributed by atoms with Crippen LogP contribution in [0.3, 0.4) is 0 Å². The molecule has 0 amide bonds. The maximum absolute atomic E-state index is 10.8. The van der Waals surface area contributed by atoms with Crippen molar-refractivity contribution in [2.45, 2.75) is 12.5 Å². The summed E-state index contributed by atoms with van der Waals surface area (Å²) < 4.78 is 8.12. The van der Waals surface area contributed by atoms with Gasteiger partial charge in [0.05, 0.1) is 7.14 Å². The third-order valence-corrected chi connectivity index (χ3v) is 5.66. The summed E-state index contributed by atoms with van der Waals surface area (Å²) in [5.41, 5.74) is 6.43. The van der Waals surface area contributed by atoms with E-state index in [-0.39, 0.29) is 12.2 Å². The van der Waals surface area contributed by atoms with Crippen LogP contribution < -0.4 is 10.5 Å². The summed E-state index contributed by atoms with van der Waals surface area (Å²) in [6.07, 6.45) is 0.267. The predicted molar refractivity (Wildman–Crippen MR) is 112 cm³/mol. The van der Waals surface area contributed by atoms with Gasteiger partial charge in [-0.15, -0.1) is 0 Å². The van der Waals surface area contributed by atoms with E-state index in [1.54, 1.807) is 18.2 Å². The summed E-state index contributed by atoms with van der Waals surface area (Å²) >= 11 is 6.22. The standard InChI is InChI=1S/C15H12I3NO4/c16-10-4-8(2-1-7(10)3-13(19)15(21)22)23-9-5-11(17)14(20)12(18)6-9/h1-2,4-6,13,20H,3,19H2,(H,21,22)/t13-/m0/s1. The van der Waals surface area contributed by atoms with Gasteiger partial charge in [0, 0.05) is 3.57 Å². The zero-order valence-corrected chi connectivity index (χ0v) is 18.1. The molecule has 4 N–H and O–H groups in total. The fourth-order valence-electron chi connectivity index (χ4n) is 1.82. The molecule has 23 heavy (non-hydrogen) atoms. The number of benzene rings is 2. The van der Waals surface area contributed by atoms with Crippen LogP contribution >= 0.6 is 67.8 Å². The van der Waals surface area contributed by atoms with Crippen LogP contribution in [0.2, 0.25) is 0 Å². The first-order valence-corrected chi connectivity index (χ1v) is 9.64. The molecule has 2 rings (SSSR count). The van der Waals surface area contributed by atoms with Gasteiger partial charge in [-0.1, -0.05) is 6.07 Å². The van der Waals surface area contributed by atoms with E-state index in [0.29, 0.717) is 18.6 Å². The molecule has 0 fully saturated rings. The molecule has 2 aromatic carbocycles. The highest BCUT2D eigenvalue weighted by Gasteiger charge is 2.14. The maximum atomic E-state index is 10.8. The van der Waals surface area contributed by atoms with E-state index >= 15 is 0 Å². The lowest BCUT2D eigenvalue weighted by Gasteiger charge is -2.12. The molecule has 0 aliphatic heterocycles. The lowest BCUT2D eigenvalue weighted by Crippen LogP contribution is -2.32. The molecule has 2 aromatic rings. The van der Waals surface area contributed by atoms with E-state index in [2.05, 4.69) is 22.6 Å². The number of carboxylic acid groups (broad SMARTS) is 1. The number of carboxylic acids is 1. The summed E-state index contributed by atoms with van der Waals surface area (Å²) in [6.45, 7) is 0. The number of halogens is 3. The molecule has 0 spiro atoms. The van der Waals surface area contributed by atoms with E-state index in [1.807, 2.05) is 57.3 Å². The Morgan fingerprint density at radius 3 is 2.17 bits per heavy atom. The van der Waals surface area contributed by atoms with Gasteiger partial charge in [-0.05, 0) is 104 Å². The minimum Gasteiger partial charge on any atom is -0.506 e. The van der Waals surface area contributed by atoms with Crippen molar-refractivity contribution in [1.82, 2.24) is 0 Å². The SMILES string of the molecule is N[C@@H](Cc1ccc(Oc2cc(I)c(O)c(I)c2)cc1I)C(=O)O. The van der Waals surface area contributed by atoms with Crippen molar-refractivity contribution in [2.75, 3.05) is 0 Å². The van der Waals surface area contributed by atoms with E-state index in [0.717, 1.165) is 9.13 Å². The van der Waals surface area contributed by atoms with Crippen LogP contribution in [0.1, 0.15) is 5.56 Å². The Kier molecular flexibility index (Phi) is 6.74. The zero-order valence-electron chi connectivity index (χ0n) is 11.6. The highest BCUT2D eigenvalue weighted by molar-refractivity contribution is 14.1. The van der Waals surface area contributed by atoms with Crippen molar-refractivity contribution in [3.63, 3.8) is 0 Å². The molecular weight excluding hydrogens is 639 g/mol. The Bertz CT molecular complexity index is 728. The van der Waals surface area contributed by atoms with Gasteiger partial charge in [0.25, 0.3) is 0 Å². The van der Waals surface area contributed by atoms with Crippen LogP contribution in [0.15, 0.2) is 30.3 Å². The second kappa shape index (κ2) is 8.16. The number of phenols is 1. The predicted octanol–water partition coefficient (Wildman–Crippen LogP) is 3.95. The first kappa shape index (κ1) is 19.0. The van der Waals surface area contributed by atoms with Gasteiger partial charge in [0.15, 0.2) is 0 Å². The molecule has 5 nitrogen and oxygen atoms in total. The molecular formula is C15H12I3NO4. The highest BCUT2D eigenvalue weighted by Crippen LogP contribution is 2.33. The number of nitrogens with two attached hydrogens (primary N) is 1. The minimum atomic E-state index is -1.02. The number of aliphatic carboxylic acids is 1. The van der Waals surface area contributed by atoms with Crippen molar-refractivity contribution in [1.29, 1.82) is 0 Å². The quantitative estimate of drug-likeness (QED) is 0.427. The summed E-state index contributed by atoms with van der Waals surface area (Å²) in [6, 6.07) is 8.00. The number of carbonyl (C=O) groups is 1. The Hall–Kier alpha value is -0.340. The maximum Gasteiger partial charge on any atom is 0.320 e. The monoisotopic (exact) mass is 651 g/mol. The van der Waals surface area contributed by atoms with E-state index < -0.39 is 12.0 Å². The van der Waals surface area contributed by atoms with E-state index in [9.17, 15) is 9.90 Å². The molecule has 0 aromatic heterocycles. The van der Waals surface area contributed by atoms with E-state index in [4.69, 9.17) is 15.6 Å². The minimum absolute atomic E-state index is 0.242. The highest BCUT2D eigenvalue weighted by atomic mass is 127. The van der Waals surface area contributed by atoms with Gasteiger partial charge < -0.3 is 20.7 Å². The fraction of sp³-hybridized carbons (Fsp3) is 0.133. The van der Waals surface area contributed by atoms with Crippen molar-refractivity contribution in [3.05, 3.63) is 46.6 Å². The van der Waals surface area contributed by atoms with Crippen LogP contribution in [0.25, 0.3) is 0 Å². The first-order valence-electron chi connectivity index (χ1n) is 6.40. The van der Waals surface area contributed by atoms with Gasteiger partial charge in [0.2, 0.25) is 0 Å². The Balaban J connectivity index is 2.19. The second-order valence-electron chi connectivity index (χ2n) is 4.74. The number of phenolic OH excluding ortho intramolecular Hbond substituents is 1. The Labute approximate surface area is 174 Å². The van der Waals surface area contributed by atoms with Crippen molar-refractivity contribution < 1.29 is 19.7 Å². The largest absolute Gasteiger partial charge is 0.506 e. The number of ether oxygens (including phenoxy) is 1. The van der Waals surface area contributed by atoms with Crippen molar-refractivity contribution in [2.24, 2.45) is 5.73 Å². The van der Waals surface area contributed by atoms with E-state index in [1.165, 1.54) is 0 Å². The summed E-state index contributed by atoms with van der Waals surface area (Å²) in [4.78, 5) is 10.8. The molecule has 0 unspecified atom stereocenters. The number of aromatic hydroxyl groups is 1. The normalized spacial score (nSPS) is 12.0. The number of hydrogen-bond acceptors (Lipinski definition) is 4. The van der Waals surface area contributed by atoms with Gasteiger partial charge in [-0.25, -0.2) is 0 Å². The molecule has 0 aliphatic rings. The van der Waals surface area contributed by atoms with Gasteiger partial charge in [-0.2, -0.15) is 0 Å². The van der Waals surface area contributed by atoms with Crippen LogP contribution in [-0.4, -0.2) is 22.2 Å². The van der Waals surface area contributed by atoms with Gasteiger partial charge >= 0.3 is 5.97 Å². The average Bonchev–Trinajstić information content (AvgIpc) is 2.47. The van der Waals surface area contributed by atoms with Crippen LogP contribution in [0, 0.1) is 10.7 Å². The molecule has 0 saturated carbocycles. The molecule has 122 valence electrons. The van der Waals surface area contributed by atoms with Crippen molar-refractivity contribution in [3.8, 4) is 17.2 Å². The lowest BCUT2D eigenvalue weighted by molar-refractivity contribution is -0.138. The van der Waals surface area contributed by atoms with Crippen molar-refractivity contribution >= 4 is 73.7 Å². The molecule has 0 aliphatic carbocycles. The van der Waals surface area contributed by atoms with Gasteiger partial charge in [0.1, 0.15) is 23.3 Å². The topological polar surface area (TPSA) is 92.8 Å². The smallest absolute Gasteiger partial charge is 0.320 e. The Morgan fingerprint density at radius 2 is 1.65 bits per heavy atom. The zero-order chi connectivity index (χ0) is 17.1. The summed E-state index contributed by atoms with van der Waals surface area (Å²) in [5, 5.41) is 18.7. The fourth-order valence-corrected chi connectivity index (χ4v) is 4.24. The van der Waals surface area contributed by atoms with Crippen LogP contribution in [-0.2, 0) is 11.2 Å². The first-order chi connectivity index (χ1) is 10.8. The molecule has 0 heterocycles.